The average Bonchev–Trinajstić information content (AvgIpc) is 2.49. The van der Waals surface area contributed by atoms with Crippen LogP contribution >= 0.6 is 0 Å². The minimum atomic E-state index is -2.81. The lowest BCUT2D eigenvalue weighted by Crippen LogP contribution is -2.27. The summed E-state index contributed by atoms with van der Waals surface area (Å²) in [5.74, 6) is 0.960. The maximum absolute atomic E-state index is 10.9. The van der Waals surface area contributed by atoms with Gasteiger partial charge in [-0.3, -0.25) is 0 Å². The van der Waals surface area contributed by atoms with Crippen LogP contribution in [-0.4, -0.2) is 51.5 Å². The maximum atomic E-state index is 10.9. The van der Waals surface area contributed by atoms with Crippen molar-refractivity contribution in [2.75, 3.05) is 38.2 Å². The van der Waals surface area contributed by atoms with Crippen molar-refractivity contribution in [3.8, 4) is 0 Å². The highest BCUT2D eigenvalue weighted by atomic mass is 32.2. The Balaban J connectivity index is 2.23. The Bertz CT molecular complexity index is 264. The molecule has 1 heterocycles. The van der Waals surface area contributed by atoms with Gasteiger partial charge in [0.2, 0.25) is 0 Å². The molecular formula is C9H20N2O2S. The summed E-state index contributed by atoms with van der Waals surface area (Å²) in [7, 11) is -2.81. The summed E-state index contributed by atoms with van der Waals surface area (Å²) in [6, 6.07) is 0. The molecule has 14 heavy (non-hydrogen) atoms. The van der Waals surface area contributed by atoms with Crippen LogP contribution in [0.2, 0.25) is 0 Å². The average molecular weight is 220 g/mol. The zero-order valence-electron chi connectivity index (χ0n) is 8.78. The van der Waals surface area contributed by atoms with E-state index in [0.29, 0.717) is 12.5 Å². The molecule has 2 N–H and O–H groups in total. The number of hydrogen-bond donors (Lipinski definition) is 1. The van der Waals surface area contributed by atoms with E-state index in [1.807, 2.05) is 0 Å². The Morgan fingerprint density at radius 1 is 1.50 bits per heavy atom. The van der Waals surface area contributed by atoms with Crippen LogP contribution in [0.15, 0.2) is 0 Å². The van der Waals surface area contributed by atoms with E-state index >= 15 is 0 Å². The Hall–Kier alpha value is -0.130. The molecule has 1 unspecified atom stereocenters. The summed E-state index contributed by atoms with van der Waals surface area (Å²) in [6.07, 6.45) is 3.52. The highest BCUT2D eigenvalue weighted by Gasteiger charge is 2.21. The van der Waals surface area contributed by atoms with E-state index in [1.54, 1.807) is 0 Å². The molecule has 0 aromatic rings. The molecule has 1 saturated heterocycles. The molecule has 1 fully saturated rings. The first kappa shape index (κ1) is 11.9. The number of rotatable bonds is 5. The van der Waals surface area contributed by atoms with Crippen molar-refractivity contribution in [2.45, 2.75) is 12.8 Å². The molecule has 4 nitrogen and oxygen atoms in total. The molecule has 0 amide bonds. The Morgan fingerprint density at radius 3 is 2.79 bits per heavy atom. The van der Waals surface area contributed by atoms with Gasteiger partial charge in [-0.05, 0) is 31.8 Å². The first-order chi connectivity index (χ1) is 6.51. The van der Waals surface area contributed by atoms with Crippen LogP contribution in [0, 0.1) is 5.92 Å². The molecule has 0 aliphatic carbocycles. The lowest BCUT2D eigenvalue weighted by molar-refractivity contribution is 0.339. The molecule has 0 aromatic carbocycles. The third-order valence-electron chi connectivity index (χ3n) is 2.72. The van der Waals surface area contributed by atoms with Gasteiger partial charge in [0.15, 0.2) is 0 Å². The van der Waals surface area contributed by atoms with Crippen LogP contribution in [0.5, 0.6) is 0 Å². The Morgan fingerprint density at radius 2 is 2.21 bits per heavy atom. The fourth-order valence-electron chi connectivity index (χ4n) is 1.88. The minimum absolute atomic E-state index is 0.280. The van der Waals surface area contributed by atoms with Crippen LogP contribution in [0.25, 0.3) is 0 Å². The number of nitrogens with two attached hydrogens (primary N) is 1. The Labute approximate surface area is 86.4 Å². The summed E-state index contributed by atoms with van der Waals surface area (Å²) in [5.41, 5.74) is 5.48. The topological polar surface area (TPSA) is 63.4 Å². The zero-order chi connectivity index (χ0) is 10.6. The molecule has 0 spiro atoms. The second-order valence-electron chi connectivity index (χ2n) is 4.16. The van der Waals surface area contributed by atoms with Gasteiger partial charge in [-0.2, -0.15) is 0 Å². The first-order valence-corrected chi connectivity index (χ1v) is 7.17. The van der Waals surface area contributed by atoms with Crippen LogP contribution in [0.3, 0.4) is 0 Å². The molecule has 0 radical (unpaired) electrons. The van der Waals surface area contributed by atoms with Crippen LogP contribution in [-0.2, 0) is 9.84 Å². The molecule has 1 atom stereocenters. The highest BCUT2D eigenvalue weighted by molar-refractivity contribution is 7.90. The fourth-order valence-corrected chi connectivity index (χ4v) is 2.47. The van der Waals surface area contributed by atoms with Crippen LogP contribution in [0.4, 0.5) is 0 Å². The quantitative estimate of drug-likeness (QED) is 0.691. The monoisotopic (exact) mass is 220 g/mol. The number of nitrogens with zero attached hydrogens (tertiary/aromatic N) is 1. The molecular weight excluding hydrogens is 200 g/mol. The number of likely N-dealkylation sites (tertiary alicyclic amines) is 1. The number of hydrogen-bond acceptors (Lipinski definition) is 4. The van der Waals surface area contributed by atoms with Gasteiger partial charge in [0.25, 0.3) is 0 Å². The molecule has 1 aliphatic heterocycles. The van der Waals surface area contributed by atoms with E-state index in [-0.39, 0.29) is 5.75 Å². The van der Waals surface area contributed by atoms with Gasteiger partial charge in [-0.1, -0.05) is 0 Å². The molecule has 84 valence electrons. The molecule has 5 heteroatoms. The van der Waals surface area contributed by atoms with Gasteiger partial charge in [0, 0.05) is 19.3 Å². The largest absolute Gasteiger partial charge is 0.330 e. The SMILES string of the molecule is CS(=O)(=O)CCN1CCC(CCN)C1. The van der Waals surface area contributed by atoms with E-state index in [4.69, 9.17) is 5.73 Å². The summed E-state index contributed by atoms with van der Waals surface area (Å²) >= 11 is 0. The lowest BCUT2D eigenvalue weighted by Gasteiger charge is -2.14. The van der Waals surface area contributed by atoms with Crippen molar-refractivity contribution in [3.05, 3.63) is 0 Å². The van der Waals surface area contributed by atoms with Gasteiger partial charge in [0.1, 0.15) is 9.84 Å². The van der Waals surface area contributed by atoms with E-state index in [2.05, 4.69) is 4.90 Å². The highest BCUT2D eigenvalue weighted by Crippen LogP contribution is 2.18. The van der Waals surface area contributed by atoms with Crippen molar-refractivity contribution in [2.24, 2.45) is 11.7 Å². The maximum Gasteiger partial charge on any atom is 0.148 e. The van der Waals surface area contributed by atoms with Gasteiger partial charge in [-0.15, -0.1) is 0 Å². The second-order valence-corrected chi connectivity index (χ2v) is 6.42. The predicted molar refractivity (Wildman–Crippen MR) is 57.9 cm³/mol. The van der Waals surface area contributed by atoms with E-state index < -0.39 is 9.84 Å². The molecule has 0 aromatic heterocycles. The summed E-state index contributed by atoms with van der Waals surface area (Å²) in [6.45, 7) is 3.47. The van der Waals surface area contributed by atoms with Crippen LogP contribution < -0.4 is 5.73 Å². The van der Waals surface area contributed by atoms with E-state index in [0.717, 1.165) is 26.1 Å². The normalized spacial score (nSPS) is 24.3. The van der Waals surface area contributed by atoms with Gasteiger partial charge in [0.05, 0.1) is 5.75 Å². The second kappa shape index (κ2) is 5.09. The summed E-state index contributed by atoms with van der Waals surface area (Å²) in [5, 5.41) is 0. The smallest absolute Gasteiger partial charge is 0.148 e. The third-order valence-corrected chi connectivity index (χ3v) is 3.65. The van der Waals surface area contributed by atoms with Gasteiger partial charge >= 0.3 is 0 Å². The fraction of sp³-hybridized carbons (Fsp3) is 1.00. The first-order valence-electron chi connectivity index (χ1n) is 5.11. The number of sulfone groups is 1. The molecule has 0 saturated carbocycles. The van der Waals surface area contributed by atoms with Crippen molar-refractivity contribution in [1.82, 2.24) is 4.90 Å². The summed E-state index contributed by atoms with van der Waals surface area (Å²) < 4.78 is 21.9. The van der Waals surface area contributed by atoms with Crippen molar-refractivity contribution >= 4 is 9.84 Å². The zero-order valence-corrected chi connectivity index (χ0v) is 9.59. The molecule has 1 rings (SSSR count). The molecule has 1 aliphatic rings. The van der Waals surface area contributed by atoms with Crippen molar-refractivity contribution in [3.63, 3.8) is 0 Å². The van der Waals surface area contributed by atoms with E-state index in [1.165, 1.54) is 12.7 Å². The Kier molecular flexibility index (Phi) is 4.34. The van der Waals surface area contributed by atoms with Crippen molar-refractivity contribution < 1.29 is 8.42 Å². The summed E-state index contributed by atoms with van der Waals surface area (Å²) in [4.78, 5) is 2.22. The van der Waals surface area contributed by atoms with Crippen LogP contribution in [0.1, 0.15) is 12.8 Å². The standard InChI is InChI=1S/C9H20N2O2S/c1-14(12,13)7-6-11-5-3-9(8-11)2-4-10/h9H,2-8,10H2,1H3. The third kappa shape index (κ3) is 4.39. The minimum Gasteiger partial charge on any atom is -0.330 e. The molecule has 0 bridgehead atoms. The van der Waals surface area contributed by atoms with E-state index in [9.17, 15) is 8.42 Å². The predicted octanol–water partition coefficient (Wildman–Crippen LogP) is -0.298. The van der Waals surface area contributed by atoms with Gasteiger partial charge < -0.3 is 10.6 Å². The lowest BCUT2D eigenvalue weighted by atomic mass is 10.1. The van der Waals surface area contributed by atoms with Gasteiger partial charge in [-0.25, -0.2) is 8.42 Å². The van der Waals surface area contributed by atoms with Crippen molar-refractivity contribution in [1.29, 1.82) is 0 Å².